The minimum atomic E-state index is -0.357. The summed E-state index contributed by atoms with van der Waals surface area (Å²) in [6.45, 7) is 7.73. The second kappa shape index (κ2) is 8.03. The van der Waals surface area contributed by atoms with Crippen LogP contribution >= 0.6 is 0 Å². The van der Waals surface area contributed by atoms with Crippen LogP contribution in [0.3, 0.4) is 0 Å². The third-order valence-corrected chi connectivity index (χ3v) is 3.75. The first kappa shape index (κ1) is 19.5. The molecule has 0 atom stereocenters. The standard InChI is InChI=1S/C19H25N3O4/c1-13-10-16(21-26-13)20-17(23)11-22(5)18(24)12-25-15-9-7-6-8-14(15)19(2,3)4/h6-10H,11-12H2,1-5H3,(H,20,21,23). The fourth-order valence-electron chi connectivity index (χ4n) is 2.37. The molecule has 0 aliphatic heterocycles. The molecule has 7 heteroatoms. The maximum Gasteiger partial charge on any atom is 0.260 e. The summed E-state index contributed by atoms with van der Waals surface area (Å²) in [5.74, 6) is 0.938. The highest BCUT2D eigenvalue weighted by Gasteiger charge is 2.20. The predicted octanol–water partition coefficient (Wildman–Crippen LogP) is 2.76. The average molecular weight is 359 g/mol. The first-order valence-electron chi connectivity index (χ1n) is 8.36. The molecular weight excluding hydrogens is 334 g/mol. The van der Waals surface area contributed by atoms with E-state index in [0.717, 1.165) is 5.56 Å². The number of benzene rings is 1. The van der Waals surface area contributed by atoms with Gasteiger partial charge in [-0.3, -0.25) is 9.59 Å². The van der Waals surface area contributed by atoms with Crippen molar-refractivity contribution in [1.29, 1.82) is 0 Å². The normalized spacial score (nSPS) is 11.1. The Hall–Kier alpha value is -2.83. The van der Waals surface area contributed by atoms with E-state index in [4.69, 9.17) is 9.26 Å². The highest BCUT2D eigenvalue weighted by molar-refractivity contribution is 5.93. The van der Waals surface area contributed by atoms with E-state index in [1.807, 2.05) is 24.3 Å². The van der Waals surface area contributed by atoms with Crippen LogP contribution in [0.2, 0.25) is 0 Å². The van der Waals surface area contributed by atoms with Crippen LogP contribution in [0, 0.1) is 6.92 Å². The minimum Gasteiger partial charge on any atom is -0.483 e. The Morgan fingerprint density at radius 1 is 1.27 bits per heavy atom. The number of likely N-dealkylation sites (N-methyl/N-ethyl adjacent to an activating group) is 1. The Morgan fingerprint density at radius 3 is 2.58 bits per heavy atom. The van der Waals surface area contributed by atoms with Crippen LogP contribution in [-0.4, -0.2) is 42.1 Å². The van der Waals surface area contributed by atoms with Gasteiger partial charge in [0, 0.05) is 13.1 Å². The van der Waals surface area contributed by atoms with E-state index in [2.05, 4.69) is 31.2 Å². The number of aromatic nitrogens is 1. The minimum absolute atomic E-state index is 0.0961. The number of ether oxygens (including phenoxy) is 1. The molecule has 0 saturated carbocycles. The third-order valence-electron chi connectivity index (χ3n) is 3.75. The number of hydrogen-bond acceptors (Lipinski definition) is 5. The van der Waals surface area contributed by atoms with Gasteiger partial charge in [-0.25, -0.2) is 0 Å². The number of hydrogen-bond donors (Lipinski definition) is 1. The van der Waals surface area contributed by atoms with Crippen molar-refractivity contribution in [3.05, 3.63) is 41.7 Å². The molecule has 140 valence electrons. The Kier molecular flexibility index (Phi) is 6.02. The molecule has 1 aromatic heterocycles. The van der Waals surface area contributed by atoms with Crippen molar-refractivity contribution in [3.8, 4) is 5.75 Å². The molecule has 0 spiro atoms. The van der Waals surface area contributed by atoms with E-state index in [0.29, 0.717) is 17.3 Å². The van der Waals surface area contributed by atoms with Gasteiger partial charge in [0.15, 0.2) is 12.4 Å². The number of anilines is 1. The van der Waals surface area contributed by atoms with Gasteiger partial charge in [0.05, 0.1) is 6.54 Å². The molecule has 2 rings (SSSR count). The Morgan fingerprint density at radius 2 is 1.96 bits per heavy atom. The molecule has 0 aliphatic rings. The lowest BCUT2D eigenvalue weighted by molar-refractivity contribution is -0.135. The summed E-state index contributed by atoms with van der Waals surface area (Å²) in [6.07, 6.45) is 0. The van der Waals surface area contributed by atoms with E-state index >= 15 is 0 Å². The molecular formula is C19H25N3O4. The molecule has 2 amide bonds. The maximum absolute atomic E-state index is 12.3. The molecule has 0 aliphatic carbocycles. The summed E-state index contributed by atoms with van der Waals surface area (Å²) in [4.78, 5) is 25.5. The Balaban J connectivity index is 1.89. The smallest absolute Gasteiger partial charge is 0.260 e. The van der Waals surface area contributed by atoms with Crippen LogP contribution in [0.25, 0.3) is 0 Å². The highest BCUT2D eigenvalue weighted by Crippen LogP contribution is 2.30. The first-order valence-corrected chi connectivity index (χ1v) is 8.36. The average Bonchev–Trinajstić information content (AvgIpc) is 2.96. The summed E-state index contributed by atoms with van der Waals surface area (Å²) >= 11 is 0. The monoisotopic (exact) mass is 359 g/mol. The molecule has 1 heterocycles. The second-order valence-electron chi connectivity index (χ2n) is 7.16. The topological polar surface area (TPSA) is 84.7 Å². The fourth-order valence-corrected chi connectivity index (χ4v) is 2.37. The molecule has 1 aromatic carbocycles. The van der Waals surface area contributed by atoms with Gasteiger partial charge in [-0.1, -0.05) is 44.1 Å². The number of aryl methyl sites for hydroxylation is 1. The molecule has 2 aromatic rings. The van der Waals surface area contributed by atoms with Gasteiger partial charge in [0.2, 0.25) is 5.91 Å². The summed E-state index contributed by atoms with van der Waals surface area (Å²) in [6, 6.07) is 9.24. The van der Waals surface area contributed by atoms with Crippen LogP contribution < -0.4 is 10.1 Å². The van der Waals surface area contributed by atoms with Gasteiger partial charge in [-0.2, -0.15) is 0 Å². The Bertz CT molecular complexity index is 777. The van der Waals surface area contributed by atoms with Gasteiger partial charge in [0.1, 0.15) is 11.5 Å². The van der Waals surface area contributed by atoms with Gasteiger partial charge in [-0.05, 0) is 24.0 Å². The van der Waals surface area contributed by atoms with Gasteiger partial charge in [0.25, 0.3) is 5.91 Å². The first-order chi connectivity index (χ1) is 12.2. The summed E-state index contributed by atoms with van der Waals surface area (Å²) < 4.78 is 10.6. The van der Waals surface area contributed by atoms with E-state index in [-0.39, 0.29) is 30.4 Å². The van der Waals surface area contributed by atoms with E-state index in [1.54, 1.807) is 20.0 Å². The fraction of sp³-hybridized carbons (Fsp3) is 0.421. The molecule has 0 fully saturated rings. The zero-order chi connectivity index (χ0) is 19.3. The quantitative estimate of drug-likeness (QED) is 0.857. The van der Waals surface area contributed by atoms with E-state index < -0.39 is 0 Å². The summed E-state index contributed by atoms with van der Waals surface area (Å²) in [7, 11) is 1.55. The SMILES string of the molecule is Cc1cc(NC(=O)CN(C)C(=O)COc2ccccc2C(C)(C)C)no1. The zero-order valence-electron chi connectivity index (χ0n) is 15.8. The number of carbonyl (C=O) groups excluding carboxylic acids is 2. The molecule has 0 bridgehead atoms. The lowest BCUT2D eigenvalue weighted by Crippen LogP contribution is -2.37. The van der Waals surface area contributed by atoms with Gasteiger partial charge < -0.3 is 19.5 Å². The molecule has 7 nitrogen and oxygen atoms in total. The number of nitrogens with zero attached hydrogens (tertiary/aromatic N) is 2. The van der Waals surface area contributed by atoms with E-state index in [1.165, 1.54) is 4.90 Å². The van der Waals surface area contributed by atoms with Gasteiger partial charge >= 0.3 is 0 Å². The lowest BCUT2D eigenvalue weighted by Gasteiger charge is -2.23. The van der Waals surface area contributed by atoms with Gasteiger partial charge in [-0.15, -0.1) is 0 Å². The van der Waals surface area contributed by atoms with Crippen molar-refractivity contribution in [1.82, 2.24) is 10.1 Å². The Labute approximate surface area is 153 Å². The van der Waals surface area contributed by atoms with Crippen LogP contribution in [-0.2, 0) is 15.0 Å². The number of rotatable bonds is 6. The second-order valence-corrected chi connectivity index (χ2v) is 7.16. The largest absolute Gasteiger partial charge is 0.483 e. The molecule has 0 saturated heterocycles. The summed E-state index contributed by atoms with van der Waals surface area (Å²) in [5.41, 5.74) is 0.927. The predicted molar refractivity (Wildman–Crippen MR) is 98.1 cm³/mol. The van der Waals surface area contributed by atoms with Crippen LogP contribution in [0.5, 0.6) is 5.75 Å². The summed E-state index contributed by atoms with van der Waals surface area (Å²) in [5, 5.41) is 6.25. The zero-order valence-corrected chi connectivity index (χ0v) is 15.8. The number of nitrogens with one attached hydrogen (secondary N) is 1. The van der Waals surface area contributed by atoms with Crippen LogP contribution in [0.1, 0.15) is 32.1 Å². The third kappa shape index (κ3) is 5.34. The highest BCUT2D eigenvalue weighted by atomic mass is 16.5. The molecule has 26 heavy (non-hydrogen) atoms. The molecule has 0 radical (unpaired) electrons. The van der Waals surface area contributed by atoms with Crippen molar-refractivity contribution in [3.63, 3.8) is 0 Å². The lowest BCUT2D eigenvalue weighted by atomic mass is 9.86. The van der Waals surface area contributed by atoms with Crippen molar-refractivity contribution < 1.29 is 18.8 Å². The number of para-hydroxylation sites is 1. The van der Waals surface area contributed by atoms with Crippen molar-refractivity contribution in [2.75, 3.05) is 25.5 Å². The molecule has 0 unspecified atom stereocenters. The van der Waals surface area contributed by atoms with Crippen LogP contribution in [0.4, 0.5) is 5.82 Å². The number of carbonyl (C=O) groups is 2. The van der Waals surface area contributed by atoms with Crippen LogP contribution in [0.15, 0.2) is 34.9 Å². The van der Waals surface area contributed by atoms with Crippen molar-refractivity contribution in [2.45, 2.75) is 33.1 Å². The van der Waals surface area contributed by atoms with Crippen molar-refractivity contribution in [2.24, 2.45) is 0 Å². The number of amides is 2. The van der Waals surface area contributed by atoms with Crippen molar-refractivity contribution >= 4 is 17.6 Å². The van der Waals surface area contributed by atoms with E-state index in [9.17, 15) is 9.59 Å². The molecule has 1 N–H and O–H groups in total. The maximum atomic E-state index is 12.3.